The Kier molecular flexibility index (Phi) is 6.22. The van der Waals surface area contributed by atoms with E-state index in [1.165, 1.54) is 23.5 Å². The summed E-state index contributed by atoms with van der Waals surface area (Å²) < 4.78 is 0. The van der Waals surface area contributed by atoms with Crippen LogP contribution >= 0.6 is 23.5 Å². The minimum Gasteiger partial charge on any atom is -0.282 e. The minimum absolute atomic E-state index is 0.101. The molecule has 1 saturated carbocycles. The van der Waals surface area contributed by atoms with E-state index in [1.807, 2.05) is 0 Å². The van der Waals surface area contributed by atoms with Gasteiger partial charge in [-0.25, -0.2) is 0 Å². The average molecular weight is 284 g/mol. The molecule has 100 valence electrons. The quantitative estimate of drug-likeness (QED) is 0.732. The summed E-state index contributed by atoms with van der Waals surface area (Å²) in [7, 11) is 0. The molecule has 0 radical (unpaired) electrons. The van der Waals surface area contributed by atoms with Crippen molar-refractivity contribution in [2.24, 2.45) is 0 Å². The van der Waals surface area contributed by atoms with E-state index in [4.69, 9.17) is 0 Å². The summed E-state index contributed by atoms with van der Waals surface area (Å²) in [5.74, 6) is 0. The van der Waals surface area contributed by atoms with Gasteiger partial charge in [-0.1, -0.05) is 36.7 Å². The van der Waals surface area contributed by atoms with Crippen molar-refractivity contribution in [3.05, 3.63) is 24.3 Å². The third kappa shape index (κ3) is 5.02. The molecule has 1 aliphatic carbocycles. The molecule has 0 heterocycles. The summed E-state index contributed by atoms with van der Waals surface area (Å²) in [6.45, 7) is 10.8. The fourth-order valence-corrected chi connectivity index (χ4v) is 3.80. The molecule has 0 aromatic carbocycles. The van der Waals surface area contributed by atoms with Gasteiger partial charge in [0.25, 0.3) is 0 Å². The number of rotatable bonds is 4. The van der Waals surface area contributed by atoms with E-state index in [-0.39, 0.29) is 10.2 Å². The van der Waals surface area contributed by atoms with Gasteiger partial charge in [0, 0.05) is 10.5 Å². The lowest BCUT2D eigenvalue weighted by Gasteiger charge is -2.26. The molecule has 18 heavy (non-hydrogen) atoms. The summed E-state index contributed by atoms with van der Waals surface area (Å²) in [6.07, 6.45) is 4.02. The first-order valence-corrected chi connectivity index (χ1v) is 7.89. The van der Waals surface area contributed by atoms with Crippen LogP contribution in [0.3, 0.4) is 0 Å². The molecule has 1 aliphatic rings. The lowest BCUT2D eigenvalue weighted by atomic mass is 10.00. The van der Waals surface area contributed by atoms with Crippen molar-refractivity contribution >= 4 is 33.8 Å². The lowest BCUT2D eigenvalue weighted by Crippen LogP contribution is -2.20. The van der Waals surface area contributed by atoms with Crippen molar-refractivity contribution in [3.8, 4) is 0 Å². The van der Waals surface area contributed by atoms with E-state index in [1.54, 1.807) is 13.8 Å². The molecular formula is C14H20O2S2. The van der Waals surface area contributed by atoms with Crippen LogP contribution in [0.1, 0.15) is 39.5 Å². The maximum absolute atomic E-state index is 11.6. The van der Waals surface area contributed by atoms with Crippen molar-refractivity contribution in [2.45, 2.75) is 50.0 Å². The first-order valence-electron chi connectivity index (χ1n) is 6.13. The van der Waals surface area contributed by atoms with Crippen molar-refractivity contribution in [1.29, 1.82) is 0 Å². The van der Waals surface area contributed by atoms with Crippen LogP contribution in [0, 0.1) is 0 Å². The fourth-order valence-electron chi connectivity index (χ4n) is 1.77. The van der Waals surface area contributed by atoms with Crippen LogP contribution in [0.5, 0.6) is 0 Å². The smallest absolute Gasteiger partial charge is 0.214 e. The van der Waals surface area contributed by atoms with Gasteiger partial charge in [-0.05, 0) is 50.7 Å². The van der Waals surface area contributed by atoms with Gasteiger partial charge >= 0.3 is 0 Å². The van der Waals surface area contributed by atoms with E-state index >= 15 is 0 Å². The highest BCUT2D eigenvalue weighted by Crippen LogP contribution is 2.36. The number of carbonyl (C=O) groups is 2. The van der Waals surface area contributed by atoms with Crippen molar-refractivity contribution in [1.82, 2.24) is 0 Å². The van der Waals surface area contributed by atoms with Gasteiger partial charge in [0.05, 0.1) is 0 Å². The highest BCUT2D eigenvalue weighted by molar-refractivity contribution is 8.15. The summed E-state index contributed by atoms with van der Waals surface area (Å²) in [4.78, 5) is 23.1. The van der Waals surface area contributed by atoms with E-state index < -0.39 is 0 Å². The summed E-state index contributed by atoms with van der Waals surface area (Å²) in [5, 5.41) is 0.991. The number of carbonyl (C=O) groups excluding carboxylic acids is 2. The van der Waals surface area contributed by atoms with E-state index in [9.17, 15) is 9.59 Å². The number of thioether (sulfide) groups is 2. The summed E-state index contributed by atoms with van der Waals surface area (Å²) >= 11 is 2.81. The Morgan fingerprint density at radius 3 is 1.33 bits per heavy atom. The second-order valence-electron chi connectivity index (χ2n) is 4.77. The third-order valence-corrected chi connectivity index (χ3v) is 5.60. The van der Waals surface area contributed by atoms with Crippen molar-refractivity contribution in [3.63, 3.8) is 0 Å². The predicted octanol–water partition coefficient (Wildman–Crippen LogP) is 3.97. The average Bonchev–Trinajstić information content (AvgIpc) is 2.31. The molecule has 4 heteroatoms. The first kappa shape index (κ1) is 15.6. The molecule has 0 aliphatic heterocycles. The minimum atomic E-state index is 0.101. The Balaban J connectivity index is 2.33. The van der Waals surface area contributed by atoms with Gasteiger partial charge in [-0.15, -0.1) is 0 Å². The van der Waals surface area contributed by atoms with Crippen LogP contribution in [0.25, 0.3) is 0 Å². The highest BCUT2D eigenvalue weighted by atomic mass is 32.2. The van der Waals surface area contributed by atoms with Crippen LogP contribution in [-0.4, -0.2) is 20.7 Å². The molecule has 0 bridgehead atoms. The van der Waals surface area contributed by atoms with Crippen LogP contribution in [-0.2, 0) is 9.59 Å². The SMILES string of the molecule is C=C(C)C(=O)SC1CCC(SC(=O)C(=C)C)CC1. The highest BCUT2D eigenvalue weighted by Gasteiger charge is 2.25. The largest absolute Gasteiger partial charge is 0.282 e. The molecule has 0 atom stereocenters. The van der Waals surface area contributed by atoms with Crippen molar-refractivity contribution in [2.75, 3.05) is 0 Å². The maximum atomic E-state index is 11.6. The second-order valence-corrected chi connectivity index (χ2v) is 7.32. The zero-order valence-corrected chi connectivity index (χ0v) is 12.7. The molecule has 1 rings (SSSR count). The predicted molar refractivity (Wildman–Crippen MR) is 80.9 cm³/mol. The van der Waals surface area contributed by atoms with Gasteiger partial charge < -0.3 is 0 Å². The maximum Gasteiger partial charge on any atom is 0.214 e. The molecule has 0 amide bonds. The lowest BCUT2D eigenvalue weighted by molar-refractivity contribution is -0.108. The Labute approximate surface area is 118 Å². The fraction of sp³-hybridized carbons (Fsp3) is 0.571. The Bertz CT molecular complexity index is 330. The van der Waals surface area contributed by atoms with E-state index in [2.05, 4.69) is 13.2 Å². The molecule has 2 nitrogen and oxygen atoms in total. The summed E-state index contributed by atoms with van der Waals surface area (Å²) in [6, 6.07) is 0. The van der Waals surface area contributed by atoms with Crippen molar-refractivity contribution < 1.29 is 9.59 Å². The van der Waals surface area contributed by atoms with Gasteiger partial charge in [0.2, 0.25) is 10.2 Å². The van der Waals surface area contributed by atoms with Crippen LogP contribution in [0.4, 0.5) is 0 Å². The van der Waals surface area contributed by atoms with Crippen LogP contribution < -0.4 is 0 Å². The molecule has 0 aromatic heterocycles. The molecule has 0 saturated heterocycles. The zero-order chi connectivity index (χ0) is 13.7. The van der Waals surface area contributed by atoms with Gasteiger partial charge in [-0.2, -0.15) is 0 Å². The first-order chi connectivity index (χ1) is 8.40. The molecule has 0 spiro atoms. The molecular weight excluding hydrogens is 264 g/mol. The van der Waals surface area contributed by atoms with Crippen LogP contribution in [0.15, 0.2) is 24.3 Å². The number of hydrogen-bond donors (Lipinski definition) is 0. The number of hydrogen-bond acceptors (Lipinski definition) is 4. The topological polar surface area (TPSA) is 34.1 Å². The molecule has 0 aromatic rings. The molecule has 0 unspecified atom stereocenters. The summed E-state index contributed by atoms with van der Waals surface area (Å²) in [5.41, 5.74) is 1.24. The normalized spacial score (nSPS) is 23.4. The Morgan fingerprint density at radius 2 is 1.11 bits per heavy atom. The van der Waals surface area contributed by atoms with E-state index in [0.29, 0.717) is 21.6 Å². The Hall–Kier alpha value is -0.480. The van der Waals surface area contributed by atoms with E-state index in [0.717, 1.165) is 25.7 Å². The third-order valence-electron chi connectivity index (χ3n) is 2.87. The second kappa shape index (κ2) is 7.19. The standard InChI is InChI=1S/C14H20O2S2/c1-9(2)13(15)17-11-5-7-12(8-6-11)18-14(16)10(3)4/h11-12H,1,3,5-8H2,2,4H3. The van der Waals surface area contributed by atoms with Gasteiger partial charge in [0.15, 0.2) is 0 Å². The van der Waals surface area contributed by atoms with Gasteiger partial charge in [0.1, 0.15) is 0 Å². The molecule has 0 N–H and O–H groups in total. The zero-order valence-electron chi connectivity index (χ0n) is 11.0. The van der Waals surface area contributed by atoms with Gasteiger partial charge in [-0.3, -0.25) is 9.59 Å². The molecule has 1 fully saturated rings. The van der Waals surface area contributed by atoms with Crippen LogP contribution in [0.2, 0.25) is 0 Å². The Morgan fingerprint density at radius 1 is 0.833 bits per heavy atom. The monoisotopic (exact) mass is 284 g/mol.